The third kappa shape index (κ3) is 5.66. The molecule has 1 heterocycles. The summed E-state index contributed by atoms with van der Waals surface area (Å²) in [7, 11) is -1.95. The average Bonchev–Trinajstić information content (AvgIpc) is 3.13. The van der Waals surface area contributed by atoms with Gasteiger partial charge in [-0.05, 0) is 67.8 Å². The van der Waals surface area contributed by atoms with E-state index in [2.05, 4.69) is 31.0 Å². The van der Waals surface area contributed by atoms with E-state index in [-0.39, 0.29) is 4.90 Å². The Balaban J connectivity index is 1.95. The SMILES string of the molecule is CCCCN(CC)S(=O)(=O)c1ccc(C(=O)N=c2sc3cc(C)c(C)cc3n2CCOC)cc1. The van der Waals surface area contributed by atoms with Gasteiger partial charge in [-0.15, -0.1) is 0 Å². The molecule has 1 aromatic heterocycles. The predicted molar refractivity (Wildman–Crippen MR) is 137 cm³/mol. The number of unbranched alkanes of at least 4 members (excludes halogenated alkanes) is 1. The summed E-state index contributed by atoms with van der Waals surface area (Å²) in [5.41, 5.74) is 3.72. The van der Waals surface area contributed by atoms with E-state index >= 15 is 0 Å². The Morgan fingerprint density at radius 3 is 2.41 bits per heavy atom. The van der Waals surface area contributed by atoms with Crippen LogP contribution in [-0.2, 0) is 21.3 Å². The first kappa shape index (κ1) is 26.3. The van der Waals surface area contributed by atoms with Crippen LogP contribution in [0.15, 0.2) is 46.3 Å². The molecule has 184 valence electrons. The van der Waals surface area contributed by atoms with E-state index < -0.39 is 15.9 Å². The van der Waals surface area contributed by atoms with E-state index in [4.69, 9.17) is 4.74 Å². The molecule has 0 unspecified atom stereocenters. The van der Waals surface area contributed by atoms with Crippen molar-refractivity contribution in [3.8, 4) is 0 Å². The summed E-state index contributed by atoms with van der Waals surface area (Å²) in [5.74, 6) is -0.409. The highest BCUT2D eigenvalue weighted by Crippen LogP contribution is 2.22. The number of ether oxygens (including phenoxy) is 1. The van der Waals surface area contributed by atoms with Gasteiger partial charge in [-0.2, -0.15) is 9.30 Å². The van der Waals surface area contributed by atoms with E-state index in [0.717, 1.165) is 23.1 Å². The summed E-state index contributed by atoms with van der Waals surface area (Å²) in [6.07, 6.45) is 1.72. The molecule has 0 spiro atoms. The number of carbonyl (C=O) groups is 1. The quantitative estimate of drug-likeness (QED) is 0.407. The van der Waals surface area contributed by atoms with Gasteiger partial charge in [0.2, 0.25) is 10.0 Å². The van der Waals surface area contributed by atoms with Crippen molar-refractivity contribution in [1.82, 2.24) is 8.87 Å². The second-order valence-electron chi connectivity index (χ2n) is 8.22. The molecule has 0 aliphatic rings. The van der Waals surface area contributed by atoms with E-state index in [1.54, 1.807) is 7.11 Å². The Morgan fingerprint density at radius 1 is 1.12 bits per heavy atom. The maximum absolute atomic E-state index is 13.0. The monoisotopic (exact) mass is 503 g/mol. The van der Waals surface area contributed by atoms with Crippen molar-refractivity contribution in [3.63, 3.8) is 0 Å². The van der Waals surface area contributed by atoms with Crippen LogP contribution < -0.4 is 4.80 Å². The minimum absolute atomic E-state index is 0.185. The first-order valence-electron chi connectivity index (χ1n) is 11.5. The van der Waals surface area contributed by atoms with Crippen molar-refractivity contribution in [1.29, 1.82) is 0 Å². The fourth-order valence-electron chi connectivity index (χ4n) is 3.66. The predicted octanol–water partition coefficient (Wildman–Crippen LogP) is 4.52. The molecule has 0 saturated heterocycles. The smallest absolute Gasteiger partial charge is 0.279 e. The molecule has 0 radical (unpaired) electrons. The number of fused-ring (bicyclic) bond motifs is 1. The number of amides is 1. The van der Waals surface area contributed by atoms with E-state index in [9.17, 15) is 13.2 Å². The van der Waals surface area contributed by atoms with Gasteiger partial charge in [0.05, 0.1) is 21.7 Å². The fourth-order valence-corrected chi connectivity index (χ4v) is 6.28. The van der Waals surface area contributed by atoms with Crippen LogP contribution in [0, 0.1) is 13.8 Å². The molecule has 0 aliphatic heterocycles. The number of thiazole rings is 1. The van der Waals surface area contributed by atoms with Crippen LogP contribution in [0.5, 0.6) is 0 Å². The molecule has 3 rings (SSSR count). The Bertz CT molecular complexity index is 1320. The van der Waals surface area contributed by atoms with E-state index in [1.165, 1.54) is 51.0 Å². The molecule has 34 heavy (non-hydrogen) atoms. The number of nitrogens with zero attached hydrogens (tertiary/aromatic N) is 3. The van der Waals surface area contributed by atoms with Crippen LogP contribution in [0.1, 0.15) is 48.2 Å². The molecule has 0 aliphatic carbocycles. The Hall–Kier alpha value is -2.33. The van der Waals surface area contributed by atoms with E-state index in [1.807, 2.05) is 18.4 Å². The van der Waals surface area contributed by atoms with Gasteiger partial charge in [0.1, 0.15) is 0 Å². The lowest BCUT2D eigenvalue weighted by molar-refractivity contribution is 0.0997. The van der Waals surface area contributed by atoms with Crippen LogP contribution in [-0.4, -0.2) is 50.0 Å². The van der Waals surface area contributed by atoms with Crippen molar-refractivity contribution in [2.75, 3.05) is 26.8 Å². The number of aryl methyl sites for hydroxylation is 2. The molecular weight excluding hydrogens is 470 g/mol. The maximum atomic E-state index is 13.0. The normalized spacial score (nSPS) is 12.7. The largest absolute Gasteiger partial charge is 0.383 e. The number of carbonyl (C=O) groups excluding carboxylic acids is 1. The first-order chi connectivity index (χ1) is 16.2. The van der Waals surface area contributed by atoms with Crippen LogP contribution >= 0.6 is 11.3 Å². The molecule has 1 amide bonds. The number of rotatable bonds is 10. The van der Waals surface area contributed by atoms with Crippen LogP contribution in [0.4, 0.5) is 0 Å². The lowest BCUT2D eigenvalue weighted by atomic mass is 10.1. The van der Waals surface area contributed by atoms with Crippen molar-refractivity contribution >= 4 is 37.5 Å². The molecule has 0 bridgehead atoms. The number of hydrogen-bond donors (Lipinski definition) is 0. The second-order valence-corrected chi connectivity index (χ2v) is 11.2. The van der Waals surface area contributed by atoms with E-state index in [0.29, 0.717) is 36.6 Å². The third-order valence-electron chi connectivity index (χ3n) is 5.87. The highest BCUT2D eigenvalue weighted by atomic mass is 32.2. The molecule has 7 nitrogen and oxygen atoms in total. The molecule has 0 atom stereocenters. The van der Waals surface area contributed by atoms with Gasteiger partial charge in [0, 0.05) is 32.3 Å². The van der Waals surface area contributed by atoms with Crippen LogP contribution in [0.3, 0.4) is 0 Å². The molecule has 0 fully saturated rings. The lowest BCUT2D eigenvalue weighted by Crippen LogP contribution is -2.31. The zero-order valence-electron chi connectivity index (χ0n) is 20.5. The summed E-state index contributed by atoms with van der Waals surface area (Å²) in [5, 5.41) is 0. The Kier molecular flexibility index (Phi) is 8.81. The highest BCUT2D eigenvalue weighted by molar-refractivity contribution is 7.89. The first-order valence-corrected chi connectivity index (χ1v) is 13.8. The standard InChI is InChI=1S/C25H33N3O4S2/c1-6-8-13-27(7-2)34(30,31)21-11-9-20(10-12-21)24(29)26-25-28(14-15-32-5)22-16-18(3)19(4)17-23(22)33-25/h9-12,16-17H,6-8,13-15H2,1-5H3. The molecule has 0 saturated carbocycles. The Labute approximate surface area is 205 Å². The summed E-state index contributed by atoms with van der Waals surface area (Å²) in [6.45, 7) is 9.95. The molecule has 9 heteroatoms. The summed E-state index contributed by atoms with van der Waals surface area (Å²) in [4.78, 5) is 18.1. The number of sulfonamides is 1. The molecule has 2 aromatic carbocycles. The zero-order valence-corrected chi connectivity index (χ0v) is 22.1. The van der Waals surface area contributed by atoms with Crippen molar-refractivity contribution < 1.29 is 17.9 Å². The average molecular weight is 504 g/mol. The minimum atomic E-state index is -3.59. The fraction of sp³-hybridized carbons (Fsp3) is 0.440. The number of methoxy groups -OCH3 is 1. The summed E-state index contributed by atoms with van der Waals surface area (Å²) in [6, 6.07) is 10.3. The summed E-state index contributed by atoms with van der Waals surface area (Å²) >= 11 is 1.46. The maximum Gasteiger partial charge on any atom is 0.279 e. The molecular formula is C25H33N3O4S2. The van der Waals surface area contributed by atoms with Crippen molar-refractivity contribution in [3.05, 3.63) is 57.9 Å². The van der Waals surface area contributed by atoms with Crippen LogP contribution in [0.2, 0.25) is 0 Å². The minimum Gasteiger partial charge on any atom is -0.383 e. The molecule has 0 N–H and O–H groups in total. The number of benzene rings is 2. The van der Waals surface area contributed by atoms with Crippen LogP contribution in [0.25, 0.3) is 10.2 Å². The number of aromatic nitrogens is 1. The lowest BCUT2D eigenvalue weighted by Gasteiger charge is -2.20. The van der Waals surface area contributed by atoms with Gasteiger partial charge < -0.3 is 9.30 Å². The van der Waals surface area contributed by atoms with Gasteiger partial charge in [0.25, 0.3) is 5.91 Å². The van der Waals surface area contributed by atoms with Crippen molar-refractivity contribution in [2.45, 2.75) is 52.0 Å². The zero-order chi connectivity index (χ0) is 24.9. The third-order valence-corrected chi connectivity index (χ3v) is 8.90. The van der Waals surface area contributed by atoms with Gasteiger partial charge in [-0.1, -0.05) is 31.6 Å². The topological polar surface area (TPSA) is 81.0 Å². The van der Waals surface area contributed by atoms with Gasteiger partial charge in [-0.3, -0.25) is 4.79 Å². The Morgan fingerprint density at radius 2 is 1.79 bits per heavy atom. The van der Waals surface area contributed by atoms with Gasteiger partial charge in [-0.25, -0.2) is 8.42 Å². The second kappa shape index (κ2) is 11.4. The van der Waals surface area contributed by atoms with Crippen molar-refractivity contribution in [2.24, 2.45) is 4.99 Å². The summed E-state index contributed by atoms with van der Waals surface area (Å²) < 4.78 is 35.7. The number of hydrogen-bond acceptors (Lipinski definition) is 5. The highest BCUT2D eigenvalue weighted by Gasteiger charge is 2.22. The van der Waals surface area contributed by atoms with Gasteiger partial charge >= 0.3 is 0 Å². The van der Waals surface area contributed by atoms with Gasteiger partial charge in [0.15, 0.2) is 4.80 Å². The molecule has 3 aromatic rings.